The second kappa shape index (κ2) is 7.78. The molecule has 0 saturated carbocycles. The van der Waals surface area contributed by atoms with Crippen LogP contribution in [0.25, 0.3) is 0 Å². The van der Waals surface area contributed by atoms with Crippen LogP contribution in [0.2, 0.25) is 0 Å². The SMILES string of the molecule is Cc1cc(C)cc(OCC(=O)N2CCC3(CC2)CC(=O)c2ccc(C)c(C)c2O3)c1. The third-order valence-corrected chi connectivity index (χ3v) is 6.36. The Kier molecular flexibility index (Phi) is 5.31. The molecule has 2 aromatic rings. The van der Waals surface area contributed by atoms with E-state index in [4.69, 9.17) is 9.47 Å². The molecule has 0 N–H and O–H groups in total. The normalized spacial score (nSPS) is 17.5. The van der Waals surface area contributed by atoms with Crippen molar-refractivity contribution in [3.63, 3.8) is 0 Å². The summed E-state index contributed by atoms with van der Waals surface area (Å²) in [7, 11) is 0. The molecule has 2 aromatic carbocycles. The summed E-state index contributed by atoms with van der Waals surface area (Å²) in [6, 6.07) is 9.80. The number of amides is 1. The van der Waals surface area contributed by atoms with Crippen molar-refractivity contribution in [1.82, 2.24) is 4.90 Å². The van der Waals surface area contributed by atoms with Gasteiger partial charge in [-0.15, -0.1) is 0 Å². The van der Waals surface area contributed by atoms with Gasteiger partial charge < -0.3 is 14.4 Å². The van der Waals surface area contributed by atoms with Crippen LogP contribution in [-0.4, -0.2) is 41.9 Å². The summed E-state index contributed by atoms with van der Waals surface area (Å²) in [4.78, 5) is 27.3. The van der Waals surface area contributed by atoms with Crippen molar-refractivity contribution in [2.45, 2.75) is 52.6 Å². The Hall–Kier alpha value is -2.82. The van der Waals surface area contributed by atoms with Gasteiger partial charge in [0.25, 0.3) is 5.91 Å². The molecule has 0 radical (unpaired) electrons. The first-order valence-corrected chi connectivity index (χ1v) is 10.6. The molecule has 5 heteroatoms. The lowest BCUT2D eigenvalue weighted by molar-refractivity contribution is -0.136. The number of ether oxygens (including phenoxy) is 2. The summed E-state index contributed by atoms with van der Waals surface area (Å²) >= 11 is 0. The Morgan fingerprint density at radius 2 is 1.73 bits per heavy atom. The molecule has 4 rings (SSSR count). The van der Waals surface area contributed by atoms with Gasteiger partial charge in [-0.2, -0.15) is 0 Å². The zero-order valence-electron chi connectivity index (χ0n) is 18.2. The van der Waals surface area contributed by atoms with Crippen molar-refractivity contribution in [2.24, 2.45) is 0 Å². The molecule has 2 aliphatic rings. The van der Waals surface area contributed by atoms with Crippen LogP contribution in [0.5, 0.6) is 11.5 Å². The van der Waals surface area contributed by atoms with Crippen molar-refractivity contribution in [1.29, 1.82) is 0 Å². The molecule has 1 spiro atoms. The minimum atomic E-state index is -0.506. The van der Waals surface area contributed by atoms with E-state index in [9.17, 15) is 9.59 Å². The summed E-state index contributed by atoms with van der Waals surface area (Å²) < 4.78 is 12.2. The van der Waals surface area contributed by atoms with Crippen molar-refractivity contribution in [3.8, 4) is 11.5 Å². The van der Waals surface area contributed by atoms with Gasteiger partial charge in [0.1, 0.15) is 17.1 Å². The number of nitrogens with zero attached hydrogens (tertiary/aromatic N) is 1. The number of Topliss-reactive ketones (excluding diaryl/α,β-unsaturated/α-hetero) is 1. The van der Waals surface area contributed by atoms with Gasteiger partial charge in [0.05, 0.1) is 12.0 Å². The third-order valence-electron chi connectivity index (χ3n) is 6.36. The van der Waals surface area contributed by atoms with Gasteiger partial charge in [0, 0.05) is 25.9 Å². The fourth-order valence-corrected chi connectivity index (χ4v) is 4.48. The smallest absolute Gasteiger partial charge is 0.260 e. The van der Waals surface area contributed by atoms with E-state index in [0.29, 0.717) is 37.9 Å². The van der Waals surface area contributed by atoms with Crippen molar-refractivity contribution < 1.29 is 19.1 Å². The number of ketones is 1. The van der Waals surface area contributed by atoms with E-state index >= 15 is 0 Å². The number of hydrogen-bond acceptors (Lipinski definition) is 4. The van der Waals surface area contributed by atoms with Crippen LogP contribution in [0.1, 0.15) is 51.9 Å². The molecule has 0 unspecified atom stereocenters. The monoisotopic (exact) mass is 407 g/mol. The average molecular weight is 408 g/mol. The maximum absolute atomic E-state index is 12.8. The Morgan fingerprint density at radius 3 is 2.40 bits per heavy atom. The number of aryl methyl sites for hydroxylation is 3. The molecule has 1 amide bonds. The van der Waals surface area contributed by atoms with Gasteiger partial charge in [-0.1, -0.05) is 12.1 Å². The Bertz CT molecular complexity index is 982. The highest BCUT2D eigenvalue weighted by Gasteiger charge is 2.44. The standard InChI is InChI=1S/C25H29NO4/c1-16-11-17(2)13-20(12-16)29-15-23(28)26-9-7-25(8-10-26)14-22(27)21-6-5-18(3)19(4)24(21)30-25/h5-6,11-13H,7-10,14-15H2,1-4H3. The van der Waals surface area contributed by atoms with E-state index in [1.54, 1.807) is 0 Å². The summed E-state index contributed by atoms with van der Waals surface area (Å²) in [6.07, 6.45) is 1.69. The molecule has 30 heavy (non-hydrogen) atoms. The van der Waals surface area contributed by atoms with Crippen molar-refractivity contribution in [3.05, 3.63) is 58.1 Å². The van der Waals surface area contributed by atoms with E-state index < -0.39 is 5.60 Å². The van der Waals surface area contributed by atoms with E-state index in [2.05, 4.69) is 6.07 Å². The summed E-state index contributed by atoms with van der Waals surface area (Å²) in [6.45, 7) is 9.23. The molecular weight excluding hydrogens is 378 g/mol. The molecule has 0 bridgehead atoms. The first-order valence-electron chi connectivity index (χ1n) is 10.6. The molecule has 2 aliphatic heterocycles. The average Bonchev–Trinajstić information content (AvgIpc) is 2.69. The molecule has 1 fully saturated rings. The van der Waals surface area contributed by atoms with E-state index in [-0.39, 0.29) is 18.3 Å². The molecule has 5 nitrogen and oxygen atoms in total. The van der Waals surface area contributed by atoms with Gasteiger partial charge in [-0.05, 0) is 68.1 Å². The second-order valence-electron chi connectivity index (χ2n) is 8.76. The van der Waals surface area contributed by atoms with Gasteiger partial charge in [0.2, 0.25) is 0 Å². The van der Waals surface area contributed by atoms with Gasteiger partial charge in [-0.25, -0.2) is 0 Å². The number of carbonyl (C=O) groups excluding carboxylic acids is 2. The number of fused-ring (bicyclic) bond motifs is 1. The Morgan fingerprint density at radius 1 is 1.07 bits per heavy atom. The van der Waals surface area contributed by atoms with E-state index in [1.807, 2.05) is 56.9 Å². The first-order chi connectivity index (χ1) is 14.3. The fraction of sp³-hybridized carbons (Fsp3) is 0.440. The van der Waals surface area contributed by atoms with Gasteiger partial charge in [-0.3, -0.25) is 9.59 Å². The quantitative estimate of drug-likeness (QED) is 0.760. The minimum absolute atomic E-state index is 0.0246. The highest BCUT2D eigenvalue weighted by Crippen LogP contribution is 2.41. The number of piperidine rings is 1. The summed E-state index contributed by atoms with van der Waals surface area (Å²) in [5, 5.41) is 0. The zero-order valence-corrected chi connectivity index (χ0v) is 18.2. The van der Waals surface area contributed by atoms with Gasteiger partial charge in [0.15, 0.2) is 12.4 Å². The Labute approximate surface area is 178 Å². The second-order valence-corrected chi connectivity index (χ2v) is 8.76. The molecule has 2 heterocycles. The number of hydrogen-bond donors (Lipinski definition) is 0. The topological polar surface area (TPSA) is 55.8 Å². The van der Waals surface area contributed by atoms with Crippen LogP contribution < -0.4 is 9.47 Å². The molecular formula is C25H29NO4. The zero-order chi connectivity index (χ0) is 21.5. The fourth-order valence-electron chi connectivity index (χ4n) is 4.48. The minimum Gasteiger partial charge on any atom is -0.486 e. The Balaban J connectivity index is 1.39. The largest absolute Gasteiger partial charge is 0.486 e. The maximum Gasteiger partial charge on any atom is 0.260 e. The van der Waals surface area contributed by atoms with Crippen LogP contribution in [-0.2, 0) is 4.79 Å². The number of rotatable bonds is 3. The number of benzene rings is 2. The molecule has 0 atom stereocenters. The van der Waals surface area contributed by atoms with Gasteiger partial charge >= 0.3 is 0 Å². The summed E-state index contributed by atoms with van der Waals surface area (Å²) in [5.74, 6) is 1.55. The van der Waals surface area contributed by atoms with E-state index in [0.717, 1.165) is 33.8 Å². The highest BCUT2D eigenvalue weighted by atomic mass is 16.5. The summed E-state index contributed by atoms with van der Waals surface area (Å²) in [5.41, 5.74) is 4.55. The maximum atomic E-state index is 12.8. The van der Waals surface area contributed by atoms with Crippen LogP contribution in [0, 0.1) is 27.7 Å². The molecule has 1 saturated heterocycles. The van der Waals surface area contributed by atoms with Crippen molar-refractivity contribution in [2.75, 3.05) is 19.7 Å². The number of carbonyl (C=O) groups is 2. The third kappa shape index (κ3) is 3.93. The van der Waals surface area contributed by atoms with Crippen LogP contribution in [0.4, 0.5) is 0 Å². The lowest BCUT2D eigenvalue weighted by atomic mass is 9.81. The van der Waals surface area contributed by atoms with E-state index in [1.165, 1.54) is 0 Å². The van der Waals surface area contributed by atoms with Crippen LogP contribution in [0.3, 0.4) is 0 Å². The van der Waals surface area contributed by atoms with Crippen molar-refractivity contribution >= 4 is 11.7 Å². The van der Waals surface area contributed by atoms with Crippen LogP contribution >= 0.6 is 0 Å². The lowest BCUT2D eigenvalue weighted by Gasteiger charge is -2.44. The molecule has 0 aliphatic carbocycles. The highest BCUT2D eigenvalue weighted by molar-refractivity contribution is 6.01. The predicted molar refractivity (Wildman–Crippen MR) is 115 cm³/mol. The molecule has 158 valence electrons. The molecule has 0 aromatic heterocycles. The van der Waals surface area contributed by atoms with Crippen LogP contribution in [0.15, 0.2) is 30.3 Å². The predicted octanol–water partition coefficient (Wildman–Crippen LogP) is 4.33. The lowest BCUT2D eigenvalue weighted by Crippen LogP contribution is -2.53. The number of likely N-dealkylation sites (tertiary alicyclic amines) is 1. The first kappa shape index (κ1) is 20.5.